The van der Waals surface area contributed by atoms with E-state index in [2.05, 4.69) is 20.9 Å². The third-order valence-corrected chi connectivity index (χ3v) is 3.81. The largest absolute Gasteiger partial charge is 0.508 e. The average Bonchev–Trinajstić information content (AvgIpc) is 2.56. The maximum Gasteiger partial charge on any atom is 0.310 e. The van der Waals surface area contributed by atoms with E-state index in [1.54, 1.807) is 30.5 Å². The third-order valence-electron chi connectivity index (χ3n) is 3.34. The molecule has 0 bridgehead atoms. The van der Waals surface area contributed by atoms with Crippen LogP contribution in [0.5, 0.6) is 5.75 Å². The minimum Gasteiger partial charge on any atom is -0.508 e. The van der Waals surface area contributed by atoms with Crippen LogP contribution in [0.3, 0.4) is 0 Å². The Hall–Kier alpha value is -2.67. The topological polar surface area (TPSA) is 80.9 Å². The van der Waals surface area contributed by atoms with E-state index >= 15 is 0 Å². The van der Waals surface area contributed by atoms with Crippen LogP contribution in [0.25, 0.3) is 5.65 Å². The molecule has 0 saturated carbocycles. The molecule has 3 rings (SSSR count). The monoisotopic (exact) mass is 388 g/mol. The zero-order valence-electron chi connectivity index (χ0n) is 12.5. The summed E-state index contributed by atoms with van der Waals surface area (Å²) >= 11 is 3.30. The number of rotatable bonds is 4. The molecule has 0 aliphatic carbocycles. The van der Waals surface area contributed by atoms with Crippen LogP contribution in [0.2, 0.25) is 0 Å². The molecule has 0 atom stereocenters. The molecule has 0 aliphatic heterocycles. The third kappa shape index (κ3) is 3.80. The summed E-state index contributed by atoms with van der Waals surface area (Å²) in [6.45, 7) is -0.0707. The van der Waals surface area contributed by atoms with E-state index in [-0.39, 0.29) is 24.3 Å². The number of ether oxygens (including phenoxy) is 1. The van der Waals surface area contributed by atoms with Crippen LogP contribution < -0.4 is 5.56 Å². The molecule has 24 heavy (non-hydrogen) atoms. The quantitative estimate of drug-likeness (QED) is 0.694. The number of phenols is 1. The molecule has 3 aromatic rings. The van der Waals surface area contributed by atoms with E-state index in [1.807, 2.05) is 0 Å². The summed E-state index contributed by atoms with van der Waals surface area (Å²) in [4.78, 5) is 28.2. The van der Waals surface area contributed by atoms with Crippen molar-refractivity contribution in [2.75, 3.05) is 0 Å². The second kappa shape index (κ2) is 6.84. The first-order chi connectivity index (χ1) is 11.5. The van der Waals surface area contributed by atoms with Crippen molar-refractivity contribution in [2.45, 2.75) is 13.0 Å². The van der Waals surface area contributed by atoms with Crippen molar-refractivity contribution < 1.29 is 14.6 Å². The number of aromatic hydroxyl groups is 1. The molecule has 1 aromatic carbocycles. The van der Waals surface area contributed by atoms with Gasteiger partial charge in [-0.15, -0.1) is 0 Å². The van der Waals surface area contributed by atoms with Gasteiger partial charge in [0.1, 0.15) is 18.0 Å². The highest BCUT2D eigenvalue weighted by molar-refractivity contribution is 9.10. The lowest BCUT2D eigenvalue weighted by molar-refractivity contribution is -0.144. The molecule has 122 valence electrons. The Kier molecular flexibility index (Phi) is 4.61. The summed E-state index contributed by atoms with van der Waals surface area (Å²) < 4.78 is 7.35. The van der Waals surface area contributed by atoms with Crippen LogP contribution in [0.1, 0.15) is 11.3 Å². The number of halogens is 1. The van der Waals surface area contributed by atoms with Gasteiger partial charge in [0.2, 0.25) is 0 Å². The Morgan fingerprint density at radius 2 is 1.96 bits per heavy atom. The molecule has 0 unspecified atom stereocenters. The van der Waals surface area contributed by atoms with Gasteiger partial charge >= 0.3 is 5.97 Å². The van der Waals surface area contributed by atoms with Crippen LogP contribution >= 0.6 is 15.9 Å². The highest BCUT2D eigenvalue weighted by Gasteiger charge is 2.08. The Labute approximate surface area is 145 Å². The lowest BCUT2D eigenvalue weighted by Gasteiger charge is -2.06. The number of fused-ring (bicyclic) bond motifs is 1. The Morgan fingerprint density at radius 3 is 2.71 bits per heavy atom. The number of phenolic OH excluding ortho intramolecular Hbond substituents is 1. The Morgan fingerprint density at radius 1 is 1.21 bits per heavy atom. The van der Waals surface area contributed by atoms with Gasteiger partial charge in [-0.3, -0.25) is 14.0 Å². The van der Waals surface area contributed by atoms with Crippen LogP contribution in [-0.4, -0.2) is 20.5 Å². The lowest BCUT2D eigenvalue weighted by atomic mass is 10.1. The van der Waals surface area contributed by atoms with Gasteiger partial charge in [-0.25, -0.2) is 4.98 Å². The summed E-state index contributed by atoms with van der Waals surface area (Å²) in [5, 5.41) is 9.21. The van der Waals surface area contributed by atoms with Crippen molar-refractivity contribution in [1.82, 2.24) is 9.38 Å². The molecule has 7 heteroatoms. The van der Waals surface area contributed by atoms with Gasteiger partial charge in [0.15, 0.2) is 0 Å². The molecule has 6 nitrogen and oxygen atoms in total. The van der Waals surface area contributed by atoms with Gasteiger partial charge in [-0.1, -0.05) is 12.1 Å². The van der Waals surface area contributed by atoms with E-state index < -0.39 is 5.97 Å². The summed E-state index contributed by atoms with van der Waals surface area (Å²) in [6, 6.07) is 11.1. The lowest BCUT2D eigenvalue weighted by Crippen LogP contribution is -2.17. The fourth-order valence-electron chi connectivity index (χ4n) is 2.19. The van der Waals surface area contributed by atoms with E-state index in [4.69, 9.17) is 4.74 Å². The minimum absolute atomic E-state index is 0.0707. The van der Waals surface area contributed by atoms with Crippen LogP contribution in [0, 0.1) is 0 Å². The molecular weight excluding hydrogens is 376 g/mol. The number of pyridine rings is 1. The molecule has 0 fully saturated rings. The molecule has 0 spiro atoms. The number of aromatic nitrogens is 2. The summed E-state index contributed by atoms with van der Waals surface area (Å²) in [5.74, 6) is -0.293. The predicted molar refractivity (Wildman–Crippen MR) is 90.8 cm³/mol. The summed E-state index contributed by atoms with van der Waals surface area (Å²) in [7, 11) is 0. The number of hydrogen-bond acceptors (Lipinski definition) is 5. The number of hydrogen-bond donors (Lipinski definition) is 1. The molecule has 2 heterocycles. The van der Waals surface area contributed by atoms with Gasteiger partial charge in [0.05, 0.1) is 12.1 Å². The first-order valence-corrected chi connectivity index (χ1v) is 7.92. The fourth-order valence-corrected chi connectivity index (χ4v) is 2.52. The second-order valence-corrected chi connectivity index (χ2v) is 6.08. The fraction of sp³-hybridized carbons (Fsp3) is 0.118. The molecule has 0 saturated heterocycles. The number of carbonyl (C=O) groups excluding carboxylic acids is 1. The van der Waals surface area contributed by atoms with Crippen LogP contribution in [-0.2, 0) is 22.6 Å². The van der Waals surface area contributed by atoms with Crippen LogP contribution in [0.15, 0.2) is 57.9 Å². The predicted octanol–water partition coefficient (Wildman–Crippen LogP) is 2.45. The van der Waals surface area contributed by atoms with Crippen molar-refractivity contribution in [3.05, 3.63) is 74.7 Å². The number of carbonyl (C=O) groups is 1. The molecule has 1 N–H and O–H groups in total. The van der Waals surface area contributed by atoms with Crippen molar-refractivity contribution in [2.24, 2.45) is 0 Å². The highest BCUT2D eigenvalue weighted by atomic mass is 79.9. The first kappa shape index (κ1) is 16.2. The zero-order valence-corrected chi connectivity index (χ0v) is 14.1. The van der Waals surface area contributed by atoms with E-state index in [0.29, 0.717) is 11.3 Å². The summed E-state index contributed by atoms with van der Waals surface area (Å²) in [5.41, 5.74) is 1.36. The molecule has 0 radical (unpaired) electrons. The average molecular weight is 389 g/mol. The molecule has 0 aliphatic rings. The zero-order chi connectivity index (χ0) is 17.1. The van der Waals surface area contributed by atoms with Gasteiger partial charge in [-0.05, 0) is 45.8 Å². The normalized spacial score (nSPS) is 10.7. The highest BCUT2D eigenvalue weighted by Crippen LogP contribution is 2.12. The smallest absolute Gasteiger partial charge is 0.310 e. The van der Waals surface area contributed by atoms with Gasteiger partial charge < -0.3 is 9.84 Å². The Bertz CT molecular complexity index is 951. The van der Waals surface area contributed by atoms with Crippen LogP contribution in [0.4, 0.5) is 0 Å². The molecule has 2 aromatic heterocycles. The maximum absolute atomic E-state index is 12.1. The minimum atomic E-state index is -0.432. The van der Waals surface area contributed by atoms with Crippen molar-refractivity contribution in [1.29, 1.82) is 0 Å². The SMILES string of the molecule is O=C(Cc1ccc(O)cc1)OCc1cc(=O)n2cc(Br)ccc2n1. The number of nitrogens with zero attached hydrogens (tertiary/aromatic N) is 2. The summed E-state index contributed by atoms with van der Waals surface area (Å²) in [6.07, 6.45) is 1.71. The number of esters is 1. The van der Waals surface area contributed by atoms with Gasteiger partial charge in [0, 0.05) is 16.7 Å². The van der Waals surface area contributed by atoms with Crippen molar-refractivity contribution >= 4 is 27.5 Å². The second-order valence-electron chi connectivity index (χ2n) is 5.17. The number of benzene rings is 1. The van der Waals surface area contributed by atoms with E-state index in [1.165, 1.54) is 22.6 Å². The Balaban J connectivity index is 1.69. The standard InChI is InChI=1S/C17H13BrN2O4/c18-12-3-6-15-19-13(8-16(22)20(15)9-12)10-24-17(23)7-11-1-4-14(21)5-2-11/h1-6,8-9,21H,7,10H2. The van der Waals surface area contributed by atoms with Gasteiger partial charge in [0.25, 0.3) is 5.56 Å². The van der Waals surface area contributed by atoms with Crippen molar-refractivity contribution in [3.63, 3.8) is 0 Å². The van der Waals surface area contributed by atoms with Gasteiger partial charge in [-0.2, -0.15) is 0 Å². The molecule has 0 amide bonds. The van der Waals surface area contributed by atoms with E-state index in [0.717, 1.165) is 10.0 Å². The van der Waals surface area contributed by atoms with E-state index in [9.17, 15) is 14.7 Å². The maximum atomic E-state index is 12.1. The first-order valence-electron chi connectivity index (χ1n) is 7.12. The molecular formula is C17H13BrN2O4. The van der Waals surface area contributed by atoms with Crippen molar-refractivity contribution in [3.8, 4) is 5.75 Å².